The number of benzene rings is 1. The van der Waals surface area contributed by atoms with Gasteiger partial charge in [-0.1, -0.05) is 36.4 Å². The minimum absolute atomic E-state index is 0.0125. The zero-order valence-electron chi connectivity index (χ0n) is 15.0. The Balaban J connectivity index is 1.81. The summed E-state index contributed by atoms with van der Waals surface area (Å²) in [4.78, 5) is 33.8. The number of carbonyl (C=O) groups is 2. The third-order valence-corrected chi connectivity index (χ3v) is 5.47. The molecule has 1 aliphatic carbocycles. The highest BCUT2D eigenvalue weighted by Crippen LogP contribution is 2.46. The minimum atomic E-state index is -0.963. The molecule has 5 nitrogen and oxygen atoms in total. The van der Waals surface area contributed by atoms with Gasteiger partial charge in [0, 0.05) is 41.7 Å². The summed E-state index contributed by atoms with van der Waals surface area (Å²) in [6, 6.07) is 13.6. The maximum atomic E-state index is 13.1. The third kappa shape index (κ3) is 3.10. The van der Waals surface area contributed by atoms with Crippen molar-refractivity contribution in [2.24, 2.45) is 10.9 Å². The Morgan fingerprint density at radius 2 is 1.81 bits per heavy atom. The number of nitrogens with zero attached hydrogens (tertiary/aromatic N) is 2. The lowest BCUT2D eigenvalue weighted by atomic mass is 9.69. The van der Waals surface area contributed by atoms with Crippen LogP contribution in [0.5, 0.6) is 0 Å². The van der Waals surface area contributed by atoms with E-state index < -0.39 is 17.8 Å². The molecule has 1 aromatic heterocycles. The molecule has 5 heteroatoms. The average Bonchev–Trinajstić information content (AvgIpc) is 2.67. The van der Waals surface area contributed by atoms with Crippen molar-refractivity contribution in [3.63, 3.8) is 0 Å². The van der Waals surface area contributed by atoms with Crippen molar-refractivity contribution < 1.29 is 14.7 Å². The van der Waals surface area contributed by atoms with Crippen molar-refractivity contribution in [1.82, 2.24) is 4.98 Å². The van der Waals surface area contributed by atoms with Crippen LogP contribution in [0.3, 0.4) is 0 Å². The summed E-state index contributed by atoms with van der Waals surface area (Å²) in [5.41, 5.74) is 3.68. The highest BCUT2D eigenvalue weighted by atomic mass is 16.4. The molecule has 0 bridgehead atoms. The van der Waals surface area contributed by atoms with Crippen LogP contribution in [0.25, 0.3) is 0 Å². The molecule has 1 N–H and O–H groups in total. The van der Waals surface area contributed by atoms with Gasteiger partial charge in [-0.2, -0.15) is 0 Å². The van der Waals surface area contributed by atoms with E-state index in [9.17, 15) is 14.7 Å². The minimum Gasteiger partial charge on any atom is -0.481 e. The van der Waals surface area contributed by atoms with Gasteiger partial charge in [0.1, 0.15) is 5.92 Å². The zero-order valence-corrected chi connectivity index (χ0v) is 15.0. The summed E-state index contributed by atoms with van der Waals surface area (Å²) >= 11 is 0. The monoisotopic (exact) mass is 360 g/mol. The Kier molecular flexibility index (Phi) is 4.44. The fourth-order valence-corrected chi connectivity index (χ4v) is 4.26. The van der Waals surface area contributed by atoms with Gasteiger partial charge in [-0.3, -0.25) is 19.6 Å². The number of rotatable bonds is 3. The number of aliphatic carboxylic acids is 1. The van der Waals surface area contributed by atoms with Crippen molar-refractivity contribution in [2.75, 3.05) is 0 Å². The first-order valence-corrected chi connectivity index (χ1v) is 9.05. The molecular weight excluding hydrogens is 340 g/mol. The lowest BCUT2D eigenvalue weighted by Crippen LogP contribution is -2.37. The smallest absolute Gasteiger partial charge is 0.313 e. The lowest BCUT2D eigenvalue weighted by Gasteiger charge is -2.35. The lowest BCUT2D eigenvalue weighted by molar-refractivity contribution is -0.139. The highest BCUT2D eigenvalue weighted by molar-refractivity contribution is 6.08. The topological polar surface area (TPSA) is 79.6 Å². The molecule has 2 heterocycles. The van der Waals surface area contributed by atoms with Gasteiger partial charge in [0.2, 0.25) is 0 Å². The normalized spacial score (nSPS) is 25.0. The molecule has 1 aliphatic heterocycles. The number of ketones is 1. The van der Waals surface area contributed by atoms with Crippen LogP contribution in [0.1, 0.15) is 42.7 Å². The van der Waals surface area contributed by atoms with Gasteiger partial charge in [-0.15, -0.1) is 0 Å². The third-order valence-electron chi connectivity index (χ3n) is 5.47. The number of Topliss-reactive ketones (excluding diaryl/α,β-unsaturated/α-hetero) is 1. The van der Waals surface area contributed by atoms with Crippen molar-refractivity contribution >= 4 is 17.5 Å². The van der Waals surface area contributed by atoms with Gasteiger partial charge >= 0.3 is 5.97 Å². The Hall–Kier alpha value is -3.08. The van der Waals surface area contributed by atoms with Crippen molar-refractivity contribution in [3.8, 4) is 0 Å². The summed E-state index contributed by atoms with van der Waals surface area (Å²) < 4.78 is 0. The fraction of sp³-hybridized carbons (Fsp3) is 0.273. The van der Waals surface area contributed by atoms with Gasteiger partial charge in [0.25, 0.3) is 0 Å². The van der Waals surface area contributed by atoms with Gasteiger partial charge in [0.05, 0.1) is 0 Å². The second-order valence-electron chi connectivity index (χ2n) is 7.13. The second kappa shape index (κ2) is 6.91. The zero-order chi connectivity index (χ0) is 19.0. The van der Waals surface area contributed by atoms with E-state index in [1.54, 1.807) is 25.4 Å². The molecule has 0 saturated carbocycles. The van der Waals surface area contributed by atoms with Gasteiger partial charge in [0.15, 0.2) is 5.78 Å². The molecule has 0 spiro atoms. The second-order valence-corrected chi connectivity index (χ2v) is 7.13. The van der Waals surface area contributed by atoms with Crippen LogP contribution in [0.4, 0.5) is 0 Å². The van der Waals surface area contributed by atoms with Crippen molar-refractivity contribution in [1.29, 1.82) is 0 Å². The Morgan fingerprint density at radius 3 is 2.48 bits per heavy atom. The summed E-state index contributed by atoms with van der Waals surface area (Å²) in [6.45, 7) is 1.74. The number of carbonyl (C=O) groups excluding carboxylic acids is 1. The summed E-state index contributed by atoms with van der Waals surface area (Å²) in [5.74, 6) is -2.28. The number of aromatic nitrogens is 1. The number of pyridine rings is 1. The first-order chi connectivity index (χ1) is 13.1. The molecule has 2 aromatic rings. The number of hydrogen-bond acceptors (Lipinski definition) is 4. The maximum absolute atomic E-state index is 13.1. The average molecular weight is 360 g/mol. The van der Waals surface area contributed by atoms with Crippen LogP contribution in [-0.2, 0) is 9.59 Å². The SMILES string of the molecule is CC1=NC2=C(C(=O)CC(c3ccccc3)C2)C(c2cccnc2)C1C(=O)O. The number of carboxylic acids is 1. The van der Waals surface area contributed by atoms with E-state index in [0.717, 1.165) is 16.8 Å². The molecule has 1 aromatic carbocycles. The molecule has 0 radical (unpaired) electrons. The molecule has 4 rings (SSSR count). The Bertz CT molecular complexity index is 948. The molecule has 0 saturated heterocycles. The fourth-order valence-electron chi connectivity index (χ4n) is 4.26. The van der Waals surface area contributed by atoms with Gasteiger partial charge < -0.3 is 5.11 Å². The molecule has 3 unspecified atom stereocenters. The van der Waals surface area contributed by atoms with Crippen molar-refractivity contribution in [2.45, 2.75) is 31.6 Å². The molecular formula is C22H20N2O3. The molecule has 27 heavy (non-hydrogen) atoms. The van der Waals surface area contributed by atoms with Crippen LogP contribution in [0.2, 0.25) is 0 Å². The first kappa shape index (κ1) is 17.3. The predicted molar refractivity (Wildman–Crippen MR) is 102 cm³/mol. The van der Waals surface area contributed by atoms with Crippen LogP contribution < -0.4 is 0 Å². The standard InChI is InChI=1S/C22H20N2O3/c1-13-19(22(26)27)20(15-8-5-9-23-12-15)21-17(24-13)10-16(11-18(21)25)14-6-3-2-4-7-14/h2-9,12,16,19-20H,10-11H2,1H3,(H,26,27). The predicted octanol–water partition coefficient (Wildman–Crippen LogP) is 3.74. The summed E-state index contributed by atoms with van der Waals surface area (Å²) in [6.07, 6.45) is 4.32. The van der Waals surface area contributed by atoms with Gasteiger partial charge in [-0.05, 0) is 36.5 Å². The van der Waals surface area contributed by atoms with E-state index in [1.165, 1.54) is 0 Å². The summed E-state index contributed by atoms with van der Waals surface area (Å²) in [7, 11) is 0. The van der Waals surface area contributed by atoms with Gasteiger partial charge in [-0.25, -0.2) is 0 Å². The molecule has 3 atom stereocenters. The number of hydrogen-bond donors (Lipinski definition) is 1. The van der Waals surface area contributed by atoms with E-state index in [2.05, 4.69) is 9.98 Å². The van der Waals surface area contributed by atoms with Crippen molar-refractivity contribution in [3.05, 3.63) is 77.3 Å². The van der Waals surface area contributed by atoms with Crippen LogP contribution in [0.15, 0.2) is 71.1 Å². The number of aliphatic imine (C=N–C) groups is 1. The van der Waals surface area contributed by atoms with E-state index in [4.69, 9.17) is 0 Å². The summed E-state index contributed by atoms with van der Waals surface area (Å²) in [5, 5.41) is 9.81. The largest absolute Gasteiger partial charge is 0.481 e. The van der Waals surface area contributed by atoms with Crippen LogP contribution in [-0.4, -0.2) is 27.6 Å². The molecule has 0 fully saturated rings. The van der Waals surface area contributed by atoms with E-state index in [-0.39, 0.29) is 11.7 Å². The van der Waals surface area contributed by atoms with E-state index in [1.807, 2.05) is 36.4 Å². The highest BCUT2D eigenvalue weighted by Gasteiger charge is 2.44. The maximum Gasteiger partial charge on any atom is 0.313 e. The quantitative estimate of drug-likeness (QED) is 0.904. The molecule has 0 amide bonds. The first-order valence-electron chi connectivity index (χ1n) is 9.05. The number of carboxylic acid groups (broad SMARTS) is 1. The molecule has 136 valence electrons. The number of allylic oxidation sites excluding steroid dienone is 2. The van der Waals surface area contributed by atoms with Crippen LogP contribution >= 0.6 is 0 Å². The Labute approximate surface area is 157 Å². The van der Waals surface area contributed by atoms with E-state index >= 15 is 0 Å². The van der Waals surface area contributed by atoms with E-state index in [0.29, 0.717) is 24.1 Å². The Morgan fingerprint density at radius 1 is 1.07 bits per heavy atom. The molecule has 2 aliphatic rings. The van der Waals surface area contributed by atoms with Crippen LogP contribution in [0, 0.1) is 5.92 Å².